The van der Waals surface area contributed by atoms with E-state index in [1.165, 1.54) is 48.1 Å². The highest BCUT2D eigenvalue weighted by atomic mass is 32.1. The molecule has 0 aliphatic heterocycles. The summed E-state index contributed by atoms with van der Waals surface area (Å²) in [7, 11) is 0. The maximum atomic E-state index is 5.37. The molecule has 0 spiro atoms. The molecule has 0 unspecified atom stereocenters. The Labute approximate surface area is 246 Å². The van der Waals surface area contributed by atoms with Crippen LogP contribution in [0.4, 0.5) is 0 Å². The summed E-state index contributed by atoms with van der Waals surface area (Å²) in [5, 5.41) is 7.29. The van der Waals surface area contributed by atoms with Gasteiger partial charge in [-0.15, -0.1) is 11.3 Å². The van der Waals surface area contributed by atoms with Crippen LogP contribution in [0.15, 0.2) is 140 Å². The SMILES string of the molecule is c1ccc(-c2nc3c4ccccc4c4ccccc4c3n2-c2cccc(-c3ccc4sc5ncccc5c4c3)c2)cc1. The van der Waals surface area contributed by atoms with E-state index in [2.05, 4.69) is 137 Å². The molecule has 42 heavy (non-hydrogen) atoms. The summed E-state index contributed by atoms with van der Waals surface area (Å²) in [5.41, 5.74) is 6.69. The predicted octanol–water partition coefficient (Wildman–Crippen LogP) is 10.4. The molecular formula is C38H23N3S. The third kappa shape index (κ3) is 3.46. The zero-order valence-corrected chi connectivity index (χ0v) is 23.3. The van der Waals surface area contributed by atoms with Gasteiger partial charge in [-0.1, -0.05) is 97.1 Å². The number of hydrogen-bond donors (Lipinski definition) is 0. The third-order valence-electron chi connectivity index (χ3n) is 8.25. The molecule has 196 valence electrons. The van der Waals surface area contributed by atoms with Gasteiger partial charge in [-0.2, -0.15) is 0 Å². The van der Waals surface area contributed by atoms with Crippen molar-refractivity contribution in [3.63, 3.8) is 0 Å². The Bertz CT molecular complexity index is 2470. The number of fused-ring (bicyclic) bond motifs is 9. The van der Waals surface area contributed by atoms with E-state index < -0.39 is 0 Å². The van der Waals surface area contributed by atoms with E-state index >= 15 is 0 Å². The molecule has 6 aromatic carbocycles. The summed E-state index contributed by atoms with van der Waals surface area (Å²) in [5.74, 6) is 0.939. The molecule has 0 saturated carbocycles. The Morgan fingerprint density at radius 3 is 2.05 bits per heavy atom. The van der Waals surface area contributed by atoms with Crippen molar-refractivity contribution in [3.8, 4) is 28.2 Å². The number of thiophene rings is 1. The first-order chi connectivity index (χ1) is 20.8. The smallest absolute Gasteiger partial charge is 0.145 e. The Balaban J connectivity index is 1.35. The number of pyridine rings is 1. The molecule has 3 heterocycles. The Kier molecular flexibility index (Phi) is 5.07. The molecule has 0 radical (unpaired) electrons. The average Bonchev–Trinajstić information content (AvgIpc) is 3.65. The van der Waals surface area contributed by atoms with E-state index in [1.54, 1.807) is 11.3 Å². The first-order valence-corrected chi connectivity index (χ1v) is 14.9. The summed E-state index contributed by atoms with van der Waals surface area (Å²) in [6.45, 7) is 0. The minimum absolute atomic E-state index is 0.939. The van der Waals surface area contributed by atoms with E-state index in [9.17, 15) is 0 Å². The van der Waals surface area contributed by atoms with Crippen molar-refractivity contribution < 1.29 is 0 Å². The summed E-state index contributed by atoms with van der Waals surface area (Å²) < 4.78 is 3.61. The molecule has 9 rings (SSSR count). The van der Waals surface area contributed by atoms with Gasteiger partial charge in [0.1, 0.15) is 10.7 Å². The van der Waals surface area contributed by atoms with E-state index in [0.717, 1.165) is 32.9 Å². The largest absolute Gasteiger partial charge is 0.292 e. The van der Waals surface area contributed by atoms with E-state index in [0.29, 0.717) is 0 Å². The first-order valence-electron chi connectivity index (χ1n) is 14.1. The highest BCUT2D eigenvalue weighted by molar-refractivity contribution is 7.25. The summed E-state index contributed by atoms with van der Waals surface area (Å²) in [4.78, 5) is 11.0. The molecule has 3 nitrogen and oxygen atoms in total. The summed E-state index contributed by atoms with van der Waals surface area (Å²) in [6, 6.07) is 47.7. The number of aromatic nitrogens is 3. The van der Waals surface area contributed by atoms with Crippen molar-refractivity contribution in [3.05, 3.63) is 140 Å². The van der Waals surface area contributed by atoms with E-state index in [-0.39, 0.29) is 0 Å². The van der Waals surface area contributed by atoms with Crippen LogP contribution in [-0.2, 0) is 0 Å². The number of benzene rings is 6. The second kappa shape index (κ2) is 9.10. The van der Waals surface area contributed by atoms with E-state index in [4.69, 9.17) is 4.98 Å². The molecule has 0 fully saturated rings. The van der Waals surface area contributed by atoms with Gasteiger partial charge >= 0.3 is 0 Å². The Hall–Kier alpha value is -5.32. The van der Waals surface area contributed by atoms with Crippen molar-refractivity contribution in [2.24, 2.45) is 0 Å². The molecular weight excluding hydrogens is 531 g/mol. The molecule has 9 aromatic rings. The van der Waals surface area contributed by atoms with Gasteiger partial charge < -0.3 is 0 Å². The van der Waals surface area contributed by atoms with E-state index in [1.807, 2.05) is 12.3 Å². The minimum Gasteiger partial charge on any atom is -0.292 e. The van der Waals surface area contributed by atoms with Gasteiger partial charge in [0.25, 0.3) is 0 Å². The lowest BCUT2D eigenvalue weighted by molar-refractivity contribution is 1.11. The lowest BCUT2D eigenvalue weighted by Crippen LogP contribution is -1.98. The molecule has 4 heteroatoms. The fourth-order valence-corrected chi connectivity index (χ4v) is 7.38. The normalized spacial score (nSPS) is 11.8. The zero-order chi connectivity index (χ0) is 27.6. The van der Waals surface area contributed by atoms with Crippen LogP contribution in [0.3, 0.4) is 0 Å². The second-order valence-corrected chi connectivity index (χ2v) is 11.7. The molecule has 0 aliphatic carbocycles. The monoisotopic (exact) mass is 553 g/mol. The molecule has 0 aliphatic rings. The van der Waals surface area contributed by atoms with Crippen molar-refractivity contribution in [2.75, 3.05) is 0 Å². The number of rotatable bonds is 3. The number of nitrogens with zero attached hydrogens (tertiary/aromatic N) is 3. The molecule has 0 bridgehead atoms. The van der Waals surface area contributed by atoms with Gasteiger partial charge in [-0.25, -0.2) is 9.97 Å². The second-order valence-electron chi connectivity index (χ2n) is 10.6. The zero-order valence-electron chi connectivity index (χ0n) is 22.5. The van der Waals surface area contributed by atoms with Gasteiger partial charge in [0.15, 0.2) is 0 Å². The van der Waals surface area contributed by atoms with Crippen LogP contribution in [0.5, 0.6) is 0 Å². The van der Waals surface area contributed by atoms with Gasteiger partial charge in [0, 0.05) is 43.7 Å². The lowest BCUT2D eigenvalue weighted by Gasteiger charge is -2.14. The fourth-order valence-electron chi connectivity index (χ4n) is 6.35. The quantitative estimate of drug-likeness (QED) is 0.204. The Morgan fingerprint density at radius 2 is 1.19 bits per heavy atom. The third-order valence-corrected chi connectivity index (χ3v) is 9.34. The summed E-state index contributed by atoms with van der Waals surface area (Å²) in [6.07, 6.45) is 1.87. The average molecular weight is 554 g/mol. The van der Waals surface area contributed by atoms with Gasteiger partial charge in [0.05, 0.1) is 11.0 Å². The van der Waals surface area contributed by atoms with Crippen LogP contribution in [-0.4, -0.2) is 14.5 Å². The van der Waals surface area contributed by atoms with Crippen LogP contribution in [0.2, 0.25) is 0 Å². The van der Waals surface area contributed by atoms with Crippen molar-refractivity contribution in [1.29, 1.82) is 0 Å². The molecule has 0 saturated heterocycles. The summed E-state index contributed by atoms with van der Waals surface area (Å²) >= 11 is 1.75. The van der Waals surface area contributed by atoms with Crippen LogP contribution in [0.1, 0.15) is 0 Å². The van der Waals surface area contributed by atoms with Gasteiger partial charge in [-0.05, 0) is 58.3 Å². The highest BCUT2D eigenvalue weighted by Gasteiger charge is 2.20. The van der Waals surface area contributed by atoms with Crippen LogP contribution >= 0.6 is 11.3 Å². The van der Waals surface area contributed by atoms with Crippen molar-refractivity contribution in [1.82, 2.24) is 14.5 Å². The number of imidazole rings is 1. The van der Waals surface area contributed by atoms with Crippen LogP contribution in [0.25, 0.3) is 81.1 Å². The van der Waals surface area contributed by atoms with Gasteiger partial charge in [0.2, 0.25) is 0 Å². The highest BCUT2D eigenvalue weighted by Crippen LogP contribution is 2.40. The fraction of sp³-hybridized carbons (Fsp3) is 0. The minimum atomic E-state index is 0.939. The van der Waals surface area contributed by atoms with Crippen LogP contribution in [0, 0.1) is 0 Å². The van der Waals surface area contributed by atoms with Crippen molar-refractivity contribution in [2.45, 2.75) is 0 Å². The number of hydrogen-bond acceptors (Lipinski definition) is 3. The molecule has 0 N–H and O–H groups in total. The van der Waals surface area contributed by atoms with Gasteiger partial charge in [-0.3, -0.25) is 4.57 Å². The molecule has 0 atom stereocenters. The molecule has 0 amide bonds. The standard InChI is InChI=1S/C38H23N3S/c1-2-10-24(11-3-1)37-40-35-30-16-6-4-14-28(30)29-15-5-7-17-31(29)36(35)41(37)27-13-8-12-25(22-27)26-19-20-34-33(23-26)32-18-9-21-39-38(32)42-34/h1-23H. The molecule has 3 aromatic heterocycles. The van der Waals surface area contributed by atoms with Crippen molar-refractivity contribution >= 4 is 64.2 Å². The van der Waals surface area contributed by atoms with Crippen LogP contribution < -0.4 is 0 Å². The first kappa shape index (κ1) is 23.4. The topological polar surface area (TPSA) is 30.7 Å². The predicted molar refractivity (Wildman–Crippen MR) is 178 cm³/mol. The lowest BCUT2D eigenvalue weighted by atomic mass is 9.99. The maximum absolute atomic E-state index is 5.37. The maximum Gasteiger partial charge on any atom is 0.145 e. The Morgan fingerprint density at radius 1 is 0.500 bits per heavy atom.